The molecule has 0 N–H and O–H groups in total. The highest BCUT2D eigenvalue weighted by molar-refractivity contribution is 9.08. The van der Waals surface area contributed by atoms with Gasteiger partial charge in [-0.25, -0.2) is 0 Å². The molecule has 0 spiro atoms. The van der Waals surface area contributed by atoms with Crippen LogP contribution in [0.1, 0.15) is 11.1 Å². The minimum Gasteiger partial charge on any atom is -1.00 e. The van der Waals surface area contributed by atoms with Crippen molar-refractivity contribution in [1.29, 1.82) is 0 Å². The number of fused-ring (bicyclic) bond motifs is 3. The molecule has 2 aromatic carbocycles. The van der Waals surface area contributed by atoms with Crippen LogP contribution in [0.2, 0.25) is 0 Å². The maximum atomic E-state index is 12.5. The Labute approximate surface area is 175 Å². The van der Waals surface area contributed by atoms with Crippen molar-refractivity contribution in [2.45, 2.75) is 11.9 Å². The summed E-state index contributed by atoms with van der Waals surface area (Å²) in [4.78, 5) is 12.5. The van der Waals surface area contributed by atoms with Gasteiger partial charge in [0, 0.05) is 39.9 Å². The van der Waals surface area contributed by atoms with E-state index in [1.165, 1.54) is 11.1 Å². The van der Waals surface area contributed by atoms with Crippen molar-refractivity contribution < 1.29 is 21.5 Å². The Kier molecular flexibility index (Phi) is 4.74. The lowest BCUT2D eigenvalue weighted by Crippen LogP contribution is -3.00. The molecular weight excluding hydrogens is 468 g/mol. The molecule has 3 aromatic heterocycles. The fourth-order valence-electron chi connectivity index (χ4n) is 3.76. The Balaban J connectivity index is 0.00000180. The maximum absolute atomic E-state index is 12.5. The SMILES string of the molecule is O=c1ccc2c3c(cc[n+]2Cc2ccc(CBr)cc2)c2ccccc2n13.[Br-]. The van der Waals surface area contributed by atoms with Crippen molar-refractivity contribution in [3.05, 3.63) is 94.4 Å². The van der Waals surface area contributed by atoms with E-state index in [4.69, 9.17) is 0 Å². The first-order valence-electron chi connectivity index (χ1n) is 8.58. The largest absolute Gasteiger partial charge is 1.00 e. The molecule has 0 saturated heterocycles. The predicted octanol–water partition coefficient (Wildman–Crippen LogP) is 1.28. The third-order valence-electron chi connectivity index (χ3n) is 5.02. The molecule has 3 heterocycles. The maximum Gasteiger partial charge on any atom is 0.256 e. The third-order valence-corrected chi connectivity index (χ3v) is 5.67. The lowest BCUT2D eigenvalue weighted by atomic mass is 10.1. The number of halogens is 2. The lowest BCUT2D eigenvalue weighted by Gasteiger charge is -2.04. The molecule has 5 rings (SSSR count). The topological polar surface area (TPSA) is 25.4 Å². The summed E-state index contributed by atoms with van der Waals surface area (Å²) in [6.45, 7) is 0.772. The van der Waals surface area contributed by atoms with Crippen molar-refractivity contribution in [3.63, 3.8) is 0 Å². The molecule has 0 bridgehead atoms. The summed E-state index contributed by atoms with van der Waals surface area (Å²) >= 11 is 3.49. The monoisotopic (exact) mass is 482 g/mol. The second-order valence-corrected chi connectivity index (χ2v) is 7.13. The van der Waals surface area contributed by atoms with Gasteiger partial charge < -0.3 is 17.0 Å². The molecule has 0 aliphatic rings. The van der Waals surface area contributed by atoms with Crippen molar-refractivity contribution >= 4 is 43.3 Å². The van der Waals surface area contributed by atoms with E-state index in [-0.39, 0.29) is 22.5 Å². The van der Waals surface area contributed by atoms with E-state index < -0.39 is 0 Å². The van der Waals surface area contributed by atoms with Crippen LogP contribution in [0.4, 0.5) is 0 Å². The van der Waals surface area contributed by atoms with Gasteiger partial charge >= 0.3 is 0 Å². The standard InChI is InChI=1S/C22H16BrN2O.BrH/c23-13-15-5-7-16(8-6-15)14-24-12-11-18-17-3-1-2-4-19(17)25-21(26)10-9-20(24)22(18)25;/h1-12H,13-14H2;1H/q+1;/p-1. The van der Waals surface area contributed by atoms with Crippen LogP contribution in [0.5, 0.6) is 0 Å². The van der Waals surface area contributed by atoms with Gasteiger partial charge in [0.2, 0.25) is 5.52 Å². The number of rotatable bonds is 3. The highest BCUT2D eigenvalue weighted by Crippen LogP contribution is 2.28. The number of alkyl halides is 1. The van der Waals surface area contributed by atoms with E-state index in [0.29, 0.717) is 0 Å². The number of benzene rings is 2. The number of aromatic nitrogens is 2. The van der Waals surface area contributed by atoms with E-state index in [9.17, 15) is 4.79 Å². The smallest absolute Gasteiger partial charge is 0.256 e. The molecule has 134 valence electrons. The summed E-state index contributed by atoms with van der Waals surface area (Å²) in [5.74, 6) is 0. The molecule has 5 heteroatoms. The van der Waals surface area contributed by atoms with Crippen LogP contribution in [0, 0.1) is 0 Å². The Bertz CT molecular complexity index is 1310. The lowest BCUT2D eigenvalue weighted by molar-refractivity contribution is -0.662. The average Bonchev–Trinajstić information content (AvgIpc) is 3.02. The van der Waals surface area contributed by atoms with Crippen LogP contribution < -0.4 is 27.1 Å². The van der Waals surface area contributed by atoms with Gasteiger partial charge in [-0.3, -0.25) is 9.20 Å². The first-order chi connectivity index (χ1) is 12.8. The van der Waals surface area contributed by atoms with Crippen LogP contribution >= 0.6 is 15.9 Å². The summed E-state index contributed by atoms with van der Waals surface area (Å²) in [6.07, 6.45) is 2.12. The minimum absolute atomic E-state index is 0. The Morgan fingerprint density at radius 2 is 1.59 bits per heavy atom. The predicted molar refractivity (Wildman–Crippen MR) is 108 cm³/mol. The van der Waals surface area contributed by atoms with Crippen LogP contribution in [-0.2, 0) is 11.9 Å². The van der Waals surface area contributed by atoms with Crippen LogP contribution in [0.3, 0.4) is 0 Å². The number of hydrogen-bond donors (Lipinski definition) is 0. The first-order valence-corrected chi connectivity index (χ1v) is 9.70. The molecule has 0 unspecified atom stereocenters. The first kappa shape index (κ1) is 18.1. The quantitative estimate of drug-likeness (QED) is 0.280. The second kappa shape index (κ2) is 7.06. The molecule has 0 saturated carbocycles. The zero-order valence-corrected chi connectivity index (χ0v) is 17.6. The van der Waals surface area contributed by atoms with Gasteiger partial charge in [0.05, 0.1) is 5.52 Å². The fraction of sp³-hybridized carbons (Fsp3) is 0.0909. The van der Waals surface area contributed by atoms with Crippen molar-refractivity contribution in [1.82, 2.24) is 4.40 Å². The molecule has 27 heavy (non-hydrogen) atoms. The van der Waals surface area contributed by atoms with E-state index in [1.807, 2.05) is 28.7 Å². The molecule has 3 nitrogen and oxygen atoms in total. The number of nitrogens with zero attached hydrogens (tertiary/aromatic N) is 2. The van der Waals surface area contributed by atoms with Crippen molar-refractivity contribution in [3.8, 4) is 0 Å². The van der Waals surface area contributed by atoms with Gasteiger partial charge in [0.25, 0.3) is 5.56 Å². The molecular formula is C22H16Br2N2O. The number of hydrogen-bond acceptors (Lipinski definition) is 1. The Hall–Kier alpha value is -2.24. The molecule has 0 aliphatic carbocycles. The molecule has 0 aliphatic heterocycles. The number of para-hydroxylation sites is 1. The Morgan fingerprint density at radius 3 is 2.37 bits per heavy atom. The van der Waals surface area contributed by atoms with Crippen LogP contribution in [0.25, 0.3) is 27.3 Å². The summed E-state index contributed by atoms with van der Waals surface area (Å²) in [7, 11) is 0. The highest BCUT2D eigenvalue weighted by atomic mass is 79.9. The summed E-state index contributed by atoms with van der Waals surface area (Å²) in [5.41, 5.74) is 5.56. The van der Waals surface area contributed by atoms with Crippen LogP contribution in [0.15, 0.2) is 77.7 Å². The average molecular weight is 484 g/mol. The fourth-order valence-corrected chi connectivity index (χ4v) is 4.14. The van der Waals surface area contributed by atoms with Gasteiger partial charge in [0.15, 0.2) is 12.7 Å². The van der Waals surface area contributed by atoms with Crippen molar-refractivity contribution in [2.24, 2.45) is 0 Å². The molecule has 0 fully saturated rings. The molecule has 5 aromatic rings. The van der Waals surface area contributed by atoms with Crippen LogP contribution in [-0.4, -0.2) is 4.40 Å². The summed E-state index contributed by atoms with van der Waals surface area (Å²) in [6, 6.07) is 22.4. The van der Waals surface area contributed by atoms with Gasteiger partial charge in [-0.15, -0.1) is 0 Å². The van der Waals surface area contributed by atoms with Crippen molar-refractivity contribution in [2.75, 3.05) is 0 Å². The summed E-state index contributed by atoms with van der Waals surface area (Å²) < 4.78 is 4.05. The molecule has 0 amide bonds. The zero-order chi connectivity index (χ0) is 17.7. The molecule has 0 radical (unpaired) electrons. The van der Waals surface area contributed by atoms with E-state index in [0.717, 1.165) is 39.2 Å². The van der Waals surface area contributed by atoms with Gasteiger partial charge in [-0.1, -0.05) is 58.4 Å². The zero-order valence-electron chi connectivity index (χ0n) is 14.4. The van der Waals surface area contributed by atoms with E-state index in [2.05, 4.69) is 63.1 Å². The van der Waals surface area contributed by atoms with Gasteiger partial charge in [0.1, 0.15) is 5.52 Å². The normalized spacial score (nSPS) is 11.3. The second-order valence-electron chi connectivity index (χ2n) is 6.57. The summed E-state index contributed by atoms with van der Waals surface area (Å²) in [5, 5.41) is 3.11. The van der Waals surface area contributed by atoms with Gasteiger partial charge in [-0.2, -0.15) is 4.57 Å². The van der Waals surface area contributed by atoms with E-state index in [1.54, 1.807) is 6.07 Å². The van der Waals surface area contributed by atoms with Gasteiger partial charge in [-0.05, 0) is 11.6 Å². The van der Waals surface area contributed by atoms with E-state index >= 15 is 0 Å². The highest BCUT2D eigenvalue weighted by Gasteiger charge is 2.19. The number of pyridine rings is 2. The third kappa shape index (κ3) is 2.86. The minimum atomic E-state index is 0. The molecule has 0 atom stereocenters. The Morgan fingerprint density at radius 1 is 0.852 bits per heavy atom.